The third kappa shape index (κ3) is 2.28. The summed E-state index contributed by atoms with van der Waals surface area (Å²) >= 11 is 0. The number of carbonyl (C=O) groups is 1. The number of amides is 1. The van der Waals surface area contributed by atoms with Crippen LogP contribution in [0.4, 0.5) is 0 Å². The molecule has 2 fully saturated rings. The van der Waals surface area contributed by atoms with Gasteiger partial charge in [0.2, 0.25) is 5.91 Å². The number of imidazole rings is 1. The molecule has 1 N–H and O–H groups in total. The Morgan fingerprint density at radius 3 is 2.87 bits per heavy atom. The highest BCUT2D eigenvalue weighted by Crippen LogP contribution is 2.41. The van der Waals surface area contributed by atoms with Crippen LogP contribution in [0.5, 0.6) is 0 Å². The van der Waals surface area contributed by atoms with Crippen molar-refractivity contribution in [3.8, 4) is 0 Å². The normalized spacial score (nSPS) is 27.7. The number of fused-ring (bicyclic) bond motifs is 2. The first-order valence-corrected chi connectivity index (χ1v) is 8.10. The molecule has 2 saturated heterocycles. The maximum Gasteiger partial charge on any atom is 0.326 e. The van der Waals surface area contributed by atoms with Crippen LogP contribution >= 0.6 is 0 Å². The van der Waals surface area contributed by atoms with Crippen LogP contribution in [0.1, 0.15) is 6.92 Å². The predicted octanol–water partition coefficient (Wildman–Crippen LogP) is 0.740. The van der Waals surface area contributed by atoms with Gasteiger partial charge in [0.15, 0.2) is 0 Å². The van der Waals surface area contributed by atoms with Gasteiger partial charge < -0.3 is 14.8 Å². The molecule has 122 valence electrons. The summed E-state index contributed by atoms with van der Waals surface area (Å²) in [6, 6.07) is 7.49. The Bertz CT molecular complexity index is 823. The van der Waals surface area contributed by atoms with Crippen LogP contribution < -0.4 is 5.69 Å². The van der Waals surface area contributed by atoms with E-state index in [9.17, 15) is 9.59 Å². The highest BCUT2D eigenvalue weighted by atomic mass is 16.2. The quantitative estimate of drug-likeness (QED) is 0.889. The Hall–Kier alpha value is -2.08. The standard InChI is InChI=1S/C17H22N4O2/c1-17-10-19(2)7-12(17)8-20(11-17)15(22)9-21-14-6-4-3-5-13(14)18-16(21)23/h3-6,12H,7-11H2,1-2H3,(H,18,23)/t12-,17+/m1/s1. The van der Waals surface area contributed by atoms with Crippen molar-refractivity contribution in [2.75, 3.05) is 33.2 Å². The van der Waals surface area contributed by atoms with E-state index in [0.717, 1.165) is 37.2 Å². The monoisotopic (exact) mass is 314 g/mol. The molecule has 2 atom stereocenters. The fourth-order valence-electron chi connectivity index (χ4n) is 4.32. The first-order valence-electron chi connectivity index (χ1n) is 8.10. The number of likely N-dealkylation sites (tertiary alicyclic amines) is 2. The number of aromatic nitrogens is 2. The lowest BCUT2D eigenvalue weighted by molar-refractivity contribution is -0.131. The fraction of sp³-hybridized carbons (Fsp3) is 0.529. The second-order valence-corrected chi connectivity index (χ2v) is 7.36. The third-order valence-corrected chi connectivity index (χ3v) is 5.47. The number of nitrogens with one attached hydrogen (secondary N) is 1. The van der Waals surface area contributed by atoms with Gasteiger partial charge in [-0.1, -0.05) is 19.1 Å². The third-order valence-electron chi connectivity index (χ3n) is 5.47. The van der Waals surface area contributed by atoms with E-state index in [4.69, 9.17) is 0 Å². The number of H-pyrrole nitrogens is 1. The molecule has 0 unspecified atom stereocenters. The Morgan fingerprint density at radius 1 is 1.30 bits per heavy atom. The van der Waals surface area contributed by atoms with E-state index in [1.165, 1.54) is 0 Å². The molecule has 23 heavy (non-hydrogen) atoms. The molecule has 6 heteroatoms. The number of hydrogen-bond acceptors (Lipinski definition) is 3. The van der Waals surface area contributed by atoms with Crippen LogP contribution in [-0.2, 0) is 11.3 Å². The zero-order valence-corrected chi connectivity index (χ0v) is 13.6. The summed E-state index contributed by atoms with van der Waals surface area (Å²) in [7, 11) is 2.14. The molecule has 2 aromatic rings. The summed E-state index contributed by atoms with van der Waals surface area (Å²) in [6.07, 6.45) is 0. The van der Waals surface area contributed by atoms with E-state index in [2.05, 4.69) is 23.9 Å². The smallest absolute Gasteiger partial charge is 0.326 e. The highest BCUT2D eigenvalue weighted by molar-refractivity contribution is 5.80. The molecule has 0 aliphatic carbocycles. The average Bonchev–Trinajstić information content (AvgIpc) is 3.06. The molecule has 2 aliphatic rings. The lowest BCUT2D eigenvalue weighted by Crippen LogP contribution is -2.37. The van der Waals surface area contributed by atoms with Crippen molar-refractivity contribution in [2.45, 2.75) is 13.5 Å². The van der Waals surface area contributed by atoms with Gasteiger partial charge in [-0.15, -0.1) is 0 Å². The van der Waals surface area contributed by atoms with Gasteiger partial charge in [-0.2, -0.15) is 0 Å². The minimum atomic E-state index is -0.218. The molecular formula is C17H22N4O2. The molecule has 1 aromatic heterocycles. The number of aromatic amines is 1. The maximum absolute atomic E-state index is 12.7. The Kier molecular flexibility index (Phi) is 3.13. The van der Waals surface area contributed by atoms with E-state index in [-0.39, 0.29) is 23.6 Å². The molecule has 0 saturated carbocycles. The average molecular weight is 314 g/mol. The topological polar surface area (TPSA) is 61.3 Å². The molecular weight excluding hydrogens is 292 g/mol. The van der Waals surface area contributed by atoms with Gasteiger partial charge in [-0.25, -0.2) is 4.79 Å². The lowest BCUT2D eigenvalue weighted by Gasteiger charge is -2.24. The predicted molar refractivity (Wildman–Crippen MR) is 88.2 cm³/mol. The Labute approximate surface area is 134 Å². The van der Waals surface area contributed by atoms with E-state index < -0.39 is 0 Å². The molecule has 0 spiro atoms. The fourth-order valence-corrected chi connectivity index (χ4v) is 4.32. The number of carbonyl (C=O) groups excluding carboxylic acids is 1. The van der Waals surface area contributed by atoms with Gasteiger partial charge >= 0.3 is 5.69 Å². The summed E-state index contributed by atoms with van der Waals surface area (Å²) in [5, 5.41) is 0. The molecule has 4 rings (SSSR count). The van der Waals surface area contributed by atoms with Crippen LogP contribution in [-0.4, -0.2) is 58.5 Å². The first-order chi connectivity index (χ1) is 11.0. The van der Waals surface area contributed by atoms with Gasteiger partial charge in [-0.3, -0.25) is 9.36 Å². The second-order valence-electron chi connectivity index (χ2n) is 7.36. The highest BCUT2D eigenvalue weighted by Gasteiger charge is 2.49. The minimum absolute atomic E-state index is 0.0372. The summed E-state index contributed by atoms with van der Waals surface area (Å²) in [5.74, 6) is 0.575. The lowest BCUT2D eigenvalue weighted by atomic mass is 9.83. The first kappa shape index (κ1) is 14.5. The van der Waals surface area contributed by atoms with Gasteiger partial charge in [0.25, 0.3) is 0 Å². The Balaban J connectivity index is 1.55. The number of rotatable bonds is 2. The Morgan fingerprint density at radius 2 is 2.09 bits per heavy atom. The summed E-state index contributed by atoms with van der Waals surface area (Å²) in [4.78, 5) is 31.9. The van der Waals surface area contributed by atoms with Crippen molar-refractivity contribution in [3.05, 3.63) is 34.7 Å². The molecule has 1 aromatic carbocycles. The van der Waals surface area contributed by atoms with Gasteiger partial charge in [0.05, 0.1) is 11.0 Å². The molecule has 0 bridgehead atoms. The molecule has 1 amide bonds. The molecule has 3 heterocycles. The van der Waals surface area contributed by atoms with Crippen molar-refractivity contribution in [2.24, 2.45) is 11.3 Å². The van der Waals surface area contributed by atoms with Gasteiger partial charge in [0.1, 0.15) is 6.54 Å². The van der Waals surface area contributed by atoms with Crippen molar-refractivity contribution < 1.29 is 4.79 Å². The van der Waals surface area contributed by atoms with Crippen molar-refractivity contribution in [1.82, 2.24) is 19.4 Å². The SMILES string of the molecule is CN1C[C@@H]2CN(C(=O)Cn3c(=O)[nH]c4ccccc43)C[C@]2(C)C1. The van der Waals surface area contributed by atoms with E-state index in [1.807, 2.05) is 29.2 Å². The number of benzene rings is 1. The largest absolute Gasteiger partial charge is 0.340 e. The van der Waals surface area contributed by atoms with Crippen molar-refractivity contribution >= 4 is 16.9 Å². The molecule has 6 nitrogen and oxygen atoms in total. The van der Waals surface area contributed by atoms with E-state index in [1.54, 1.807) is 4.57 Å². The zero-order chi connectivity index (χ0) is 16.2. The van der Waals surface area contributed by atoms with Crippen LogP contribution in [0.15, 0.2) is 29.1 Å². The van der Waals surface area contributed by atoms with Crippen LogP contribution in [0, 0.1) is 11.3 Å². The van der Waals surface area contributed by atoms with Crippen LogP contribution in [0.25, 0.3) is 11.0 Å². The number of para-hydroxylation sites is 2. The number of hydrogen-bond donors (Lipinski definition) is 1. The maximum atomic E-state index is 12.7. The summed E-state index contributed by atoms with van der Waals surface area (Å²) in [6.45, 7) is 6.06. The summed E-state index contributed by atoms with van der Waals surface area (Å²) < 4.78 is 1.54. The number of nitrogens with zero attached hydrogens (tertiary/aromatic N) is 3. The van der Waals surface area contributed by atoms with Crippen molar-refractivity contribution in [1.29, 1.82) is 0 Å². The molecule has 2 aliphatic heterocycles. The van der Waals surface area contributed by atoms with Gasteiger partial charge in [0, 0.05) is 31.6 Å². The zero-order valence-electron chi connectivity index (χ0n) is 13.6. The van der Waals surface area contributed by atoms with Crippen molar-refractivity contribution in [3.63, 3.8) is 0 Å². The molecule has 0 radical (unpaired) electrons. The van der Waals surface area contributed by atoms with E-state index >= 15 is 0 Å². The second kappa shape index (κ2) is 4.96. The van der Waals surface area contributed by atoms with Crippen LogP contribution in [0.2, 0.25) is 0 Å². The summed E-state index contributed by atoms with van der Waals surface area (Å²) in [5.41, 5.74) is 1.54. The van der Waals surface area contributed by atoms with E-state index in [0.29, 0.717) is 5.92 Å². The van der Waals surface area contributed by atoms with Gasteiger partial charge in [-0.05, 0) is 25.1 Å². The minimum Gasteiger partial charge on any atom is -0.340 e. The van der Waals surface area contributed by atoms with Crippen LogP contribution in [0.3, 0.4) is 0 Å².